The SMILES string of the molecule is CCOCCCC(NN)c1cc(OC)ccc1OC. The highest BCUT2D eigenvalue weighted by Gasteiger charge is 2.15. The lowest BCUT2D eigenvalue weighted by atomic mass is 10.0. The summed E-state index contributed by atoms with van der Waals surface area (Å²) in [6, 6.07) is 5.73. The number of nitrogens with two attached hydrogens (primary N) is 1. The molecule has 0 heterocycles. The van der Waals surface area contributed by atoms with Crippen LogP contribution in [0.25, 0.3) is 0 Å². The van der Waals surface area contributed by atoms with Gasteiger partial charge in [0, 0.05) is 24.8 Å². The van der Waals surface area contributed by atoms with Gasteiger partial charge in [-0.2, -0.15) is 0 Å². The summed E-state index contributed by atoms with van der Waals surface area (Å²) < 4.78 is 16.0. The maximum absolute atomic E-state index is 5.65. The number of benzene rings is 1. The molecule has 0 bridgehead atoms. The second-order valence-corrected chi connectivity index (χ2v) is 4.17. The average molecular weight is 268 g/mol. The van der Waals surface area contributed by atoms with Crippen LogP contribution in [0.2, 0.25) is 0 Å². The van der Waals surface area contributed by atoms with Crippen LogP contribution >= 0.6 is 0 Å². The van der Waals surface area contributed by atoms with Gasteiger partial charge in [-0.1, -0.05) is 0 Å². The van der Waals surface area contributed by atoms with E-state index >= 15 is 0 Å². The summed E-state index contributed by atoms with van der Waals surface area (Å²) >= 11 is 0. The van der Waals surface area contributed by atoms with E-state index < -0.39 is 0 Å². The van der Waals surface area contributed by atoms with Gasteiger partial charge in [-0.05, 0) is 38.0 Å². The second-order valence-electron chi connectivity index (χ2n) is 4.17. The van der Waals surface area contributed by atoms with Gasteiger partial charge in [0.25, 0.3) is 0 Å². The Balaban J connectivity index is 2.77. The molecular weight excluding hydrogens is 244 g/mol. The molecule has 0 radical (unpaired) electrons. The molecule has 1 aromatic carbocycles. The lowest BCUT2D eigenvalue weighted by Gasteiger charge is -2.19. The zero-order valence-corrected chi connectivity index (χ0v) is 11.9. The molecule has 1 rings (SSSR count). The van der Waals surface area contributed by atoms with Crippen molar-refractivity contribution in [3.63, 3.8) is 0 Å². The fourth-order valence-electron chi connectivity index (χ4n) is 1.97. The summed E-state index contributed by atoms with van der Waals surface area (Å²) in [5.74, 6) is 7.25. The van der Waals surface area contributed by atoms with Crippen molar-refractivity contribution in [3.05, 3.63) is 23.8 Å². The van der Waals surface area contributed by atoms with Gasteiger partial charge in [0.2, 0.25) is 0 Å². The topological polar surface area (TPSA) is 65.7 Å². The molecule has 1 atom stereocenters. The molecule has 0 aliphatic rings. The molecular formula is C14H24N2O3. The van der Waals surface area contributed by atoms with Crippen molar-refractivity contribution in [3.8, 4) is 11.5 Å². The number of hydrogen-bond acceptors (Lipinski definition) is 5. The Hall–Kier alpha value is -1.30. The van der Waals surface area contributed by atoms with E-state index in [2.05, 4.69) is 5.43 Å². The molecule has 1 unspecified atom stereocenters. The van der Waals surface area contributed by atoms with Gasteiger partial charge in [0.05, 0.1) is 14.2 Å². The molecule has 0 saturated carbocycles. The first-order valence-electron chi connectivity index (χ1n) is 6.52. The van der Waals surface area contributed by atoms with Crippen molar-refractivity contribution >= 4 is 0 Å². The highest BCUT2D eigenvalue weighted by Crippen LogP contribution is 2.31. The quantitative estimate of drug-likeness (QED) is 0.407. The molecule has 0 amide bonds. The van der Waals surface area contributed by atoms with Crippen LogP contribution in [0.4, 0.5) is 0 Å². The molecule has 0 spiro atoms. The van der Waals surface area contributed by atoms with Crippen LogP contribution in [0.15, 0.2) is 18.2 Å². The van der Waals surface area contributed by atoms with Crippen molar-refractivity contribution in [2.24, 2.45) is 5.84 Å². The highest BCUT2D eigenvalue weighted by molar-refractivity contribution is 5.42. The van der Waals surface area contributed by atoms with Crippen LogP contribution in [0.3, 0.4) is 0 Å². The fourth-order valence-corrected chi connectivity index (χ4v) is 1.97. The first kappa shape index (κ1) is 15.8. The number of rotatable bonds is 9. The van der Waals surface area contributed by atoms with E-state index in [0.717, 1.165) is 43.1 Å². The first-order valence-corrected chi connectivity index (χ1v) is 6.52. The molecule has 108 valence electrons. The van der Waals surface area contributed by atoms with Crippen molar-refractivity contribution < 1.29 is 14.2 Å². The summed E-state index contributed by atoms with van der Waals surface area (Å²) in [6.45, 7) is 3.47. The Kier molecular flexibility index (Phi) is 7.25. The van der Waals surface area contributed by atoms with E-state index in [1.54, 1.807) is 14.2 Å². The van der Waals surface area contributed by atoms with Gasteiger partial charge in [-0.15, -0.1) is 0 Å². The van der Waals surface area contributed by atoms with E-state index in [-0.39, 0.29) is 6.04 Å². The summed E-state index contributed by atoms with van der Waals surface area (Å²) in [7, 11) is 3.30. The summed E-state index contributed by atoms with van der Waals surface area (Å²) in [4.78, 5) is 0. The van der Waals surface area contributed by atoms with Crippen LogP contribution < -0.4 is 20.7 Å². The summed E-state index contributed by atoms with van der Waals surface area (Å²) in [5.41, 5.74) is 3.83. The number of nitrogens with one attached hydrogen (secondary N) is 1. The minimum Gasteiger partial charge on any atom is -0.497 e. The summed E-state index contributed by atoms with van der Waals surface area (Å²) in [6.07, 6.45) is 1.81. The standard InChI is InChI=1S/C14H24N2O3/c1-4-19-9-5-6-13(16-15)12-10-11(17-2)7-8-14(12)18-3/h7-8,10,13,16H,4-6,9,15H2,1-3H3. The third kappa shape index (κ3) is 4.70. The molecule has 5 nitrogen and oxygen atoms in total. The van der Waals surface area contributed by atoms with Crippen LogP contribution in [0.1, 0.15) is 31.4 Å². The van der Waals surface area contributed by atoms with Crippen molar-refractivity contribution in [1.82, 2.24) is 5.43 Å². The Morgan fingerprint density at radius 2 is 2.05 bits per heavy atom. The average Bonchev–Trinajstić information content (AvgIpc) is 2.47. The molecule has 0 saturated heterocycles. The smallest absolute Gasteiger partial charge is 0.123 e. The predicted molar refractivity (Wildman–Crippen MR) is 75.3 cm³/mol. The van der Waals surface area contributed by atoms with Gasteiger partial charge >= 0.3 is 0 Å². The van der Waals surface area contributed by atoms with Crippen LogP contribution in [-0.2, 0) is 4.74 Å². The van der Waals surface area contributed by atoms with E-state index in [0.29, 0.717) is 0 Å². The second kappa shape index (κ2) is 8.74. The van der Waals surface area contributed by atoms with Crippen LogP contribution in [0.5, 0.6) is 11.5 Å². The number of hydrazine groups is 1. The minimum atomic E-state index is 0.0190. The van der Waals surface area contributed by atoms with Gasteiger partial charge < -0.3 is 14.2 Å². The largest absolute Gasteiger partial charge is 0.497 e. The Labute approximate surface area is 115 Å². The predicted octanol–water partition coefficient (Wildman–Crippen LogP) is 2.02. The van der Waals surface area contributed by atoms with Crippen molar-refractivity contribution in [2.45, 2.75) is 25.8 Å². The first-order chi connectivity index (χ1) is 9.26. The zero-order chi connectivity index (χ0) is 14.1. The fraction of sp³-hybridized carbons (Fsp3) is 0.571. The monoisotopic (exact) mass is 268 g/mol. The maximum atomic E-state index is 5.65. The third-order valence-corrected chi connectivity index (χ3v) is 3.00. The van der Waals surface area contributed by atoms with Gasteiger partial charge in [-0.3, -0.25) is 11.3 Å². The van der Waals surface area contributed by atoms with Gasteiger partial charge in [0.1, 0.15) is 11.5 Å². The molecule has 0 aliphatic carbocycles. The Bertz CT molecular complexity index is 372. The molecule has 0 fully saturated rings. The van der Waals surface area contributed by atoms with Gasteiger partial charge in [0.15, 0.2) is 0 Å². The Morgan fingerprint density at radius 1 is 1.26 bits per heavy atom. The van der Waals surface area contributed by atoms with Crippen molar-refractivity contribution in [1.29, 1.82) is 0 Å². The molecule has 1 aromatic rings. The van der Waals surface area contributed by atoms with Gasteiger partial charge in [-0.25, -0.2) is 0 Å². The maximum Gasteiger partial charge on any atom is 0.123 e. The van der Waals surface area contributed by atoms with Crippen LogP contribution in [-0.4, -0.2) is 27.4 Å². The molecule has 5 heteroatoms. The number of ether oxygens (including phenoxy) is 3. The van der Waals surface area contributed by atoms with Crippen molar-refractivity contribution in [2.75, 3.05) is 27.4 Å². The highest BCUT2D eigenvalue weighted by atomic mass is 16.5. The number of methoxy groups -OCH3 is 2. The number of hydrogen-bond donors (Lipinski definition) is 2. The van der Waals surface area contributed by atoms with Crippen LogP contribution in [0, 0.1) is 0 Å². The third-order valence-electron chi connectivity index (χ3n) is 3.00. The molecule has 19 heavy (non-hydrogen) atoms. The molecule has 3 N–H and O–H groups in total. The lowest BCUT2D eigenvalue weighted by molar-refractivity contribution is 0.140. The minimum absolute atomic E-state index is 0.0190. The van der Waals surface area contributed by atoms with E-state index in [9.17, 15) is 0 Å². The van der Waals surface area contributed by atoms with E-state index in [4.69, 9.17) is 20.1 Å². The summed E-state index contributed by atoms with van der Waals surface area (Å²) in [5, 5.41) is 0. The zero-order valence-electron chi connectivity index (χ0n) is 11.9. The molecule has 0 aliphatic heterocycles. The van der Waals surface area contributed by atoms with E-state index in [1.165, 1.54) is 0 Å². The Morgan fingerprint density at radius 3 is 2.63 bits per heavy atom. The normalized spacial score (nSPS) is 12.2. The lowest BCUT2D eigenvalue weighted by Crippen LogP contribution is -2.28. The van der Waals surface area contributed by atoms with E-state index in [1.807, 2.05) is 25.1 Å². The molecule has 0 aromatic heterocycles.